The Morgan fingerprint density at radius 1 is 0.838 bits per heavy atom. The molecule has 6 nitrogen and oxygen atoms in total. The van der Waals surface area contributed by atoms with E-state index in [0.717, 1.165) is 52.8 Å². The van der Waals surface area contributed by atoms with Crippen molar-refractivity contribution in [1.29, 1.82) is 0 Å². The molecule has 0 atom stereocenters. The number of hydrogen-bond donors (Lipinski definition) is 1. The molecule has 2 heterocycles. The topological polar surface area (TPSA) is 68.2 Å². The minimum Gasteiger partial charge on any atom is -0.508 e. The number of nitrogens with zero attached hydrogens (tertiary/aromatic N) is 1. The van der Waals surface area contributed by atoms with E-state index in [1.54, 1.807) is 18.2 Å². The van der Waals surface area contributed by atoms with E-state index in [2.05, 4.69) is 4.90 Å². The maximum atomic E-state index is 11.9. The van der Waals surface area contributed by atoms with Crippen molar-refractivity contribution >= 4 is 16.7 Å². The van der Waals surface area contributed by atoms with Crippen molar-refractivity contribution in [2.75, 3.05) is 26.2 Å². The molecule has 4 aromatic rings. The molecule has 6 rings (SSSR count). The van der Waals surface area contributed by atoms with E-state index in [4.69, 9.17) is 14.2 Å². The van der Waals surface area contributed by atoms with Crippen LogP contribution in [0, 0.1) is 0 Å². The van der Waals surface area contributed by atoms with Crippen LogP contribution >= 0.6 is 0 Å². The Morgan fingerprint density at radius 2 is 1.62 bits per heavy atom. The van der Waals surface area contributed by atoms with E-state index in [0.29, 0.717) is 23.7 Å². The molecule has 2 aliphatic rings. The quantitative estimate of drug-likeness (QED) is 0.294. The molecule has 0 amide bonds. The van der Waals surface area contributed by atoms with Crippen molar-refractivity contribution in [2.45, 2.75) is 25.9 Å². The summed E-state index contributed by atoms with van der Waals surface area (Å²) in [6.45, 7) is 4.21. The van der Waals surface area contributed by atoms with Crippen LogP contribution in [0.1, 0.15) is 35.2 Å². The Kier molecular flexibility index (Phi) is 6.41. The molecule has 1 saturated heterocycles. The molecule has 37 heavy (non-hydrogen) atoms. The zero-order valence-electron chi connectivity index (χ0n) is 20.6. The molecule has 0 spiro atoms. The third-order valence-corrected chi connectivity index (χ3v) is 7.12. The third kappa shape index (κ3) is 4.98. The number of likely N-dealkylation sites (tertiary alicyclic amines) is 1. The summed E-state index contributed by atoms with van der Waals surface area (Å²) in [5.74, 6) is 2.10. The van der Waals surface area contributed by atoms with Crippen LogP contribution in [-0.2, 0) is 11.3 Å². The predicted molar refractivity (Wildman–Crippen MR) is 142 cm³/mol. The number of fused-ring (bicyclic) bond motifs is 2. The second-order valence-electron chi connectivity index (χ2n) is 9.62. The highest BCUT2D eigenvalue weighted by Gasteiger charge is 2.22. The summed E-state index contributed by atoms with van der Waals surface area (Å²) >= 11 is 0. The van der Waals surface area contributed by atoms with Gasteiger partial charge in [-0.15, -0.1) is 0 Å². The first-order chi connectivity index (χ1) is 18.1. The minimum absolute atomic E-state index is 0.199. The van der Waals surface area contributed by atoms with Crippen LogP contribution in [0.25, 0.3) is 21.9 Å². The molecule has 0 bridgehead atoms. The van der Waals surface area contributed by atoms with Gasteiger partial charge >= 0.3 is 5.97 Å². The first-order valence-electron chi connectivity index (χ1n) is 12.8. The smallest absolute Gasteiger partial charge is 0.338 e. The second-order valence-corrected chi connectivity index (χ2v) is 9.62. The van der Waals surface area contributed by atoms with Crippen molar-refractivity contribution in [3.63, 3.8) is 0 Å². The molecule has 0 aliphatic carbocycles. The molecule has 1 fully saturated rings. The number of ether oxygens (including phenoxy) is 3. The number of phenols is 1. The van der Waals surface area contributed by atoms with Gasteiger partial charge in [0.15, 0.2) is 0 Å². The van der Waals surface area contributed by atoms with Gasteiger partial charge in [-0.25, -0.2) is 4.79 Å². The summed E-state index contributed by atoms with van der Waals surface area (Å²) in [6.07, 6.45) is 3.89. The monoisotopic (exact) mass is 495 g/mol. The van der Waals surface area contributed by atoms with Crippen LogP contribution < -0.4 is 9.47 Å². The summed E-state index contributed by atoms with van der Waals surface area (Å²) in [5.41, 5.74) is 3.29. The second kappa shape index (κ2) is 10.1. The van der Waals surface area contributed by atoms with Crippen LogP contribution in [0.5, 0.6) is 23.0 Å². The number of hydrogen-bond acceptors (Lipinski definition) is 6. The molecule has 0 aromatic heterocycles. The molecule has 1 N–H and O–H groups in total. The van der Waals surface area contributed by atoms with Crippen LogP contribution in [0.15, 0.2) is 72.8 Å². The van der Waals surface area contributed by atoms with Crippen LogP contribution in [0.3, 0.4) is 0 Å². The number of phenolic OH excluding ortho intramolecular Hbond substituents is 1. The molecular weight excluding hydrogens is 466 g/mol. The minimum atomic E-state index is -0.287. The van der Waals surface area contributed by atoms with E-state index < -0.39 is 0 Å². The van der Waals surface area contributed by atoms with Crippen molar-refractivity contribution in [2.24, 2.45) is 0 Å². The van der Waals surface area contributed by atoms with Gasteiger partial charge in [-0.3, -0.25) is 4.90 Å². The Labute approximate surface area is 216 Å². The summed E-state index contributed by atoms with van der Waals surface area (Å²) < 4.78 is 17.6. The van der Waals surface area contributed by atoms with Gasteiger partial charge in [0.25, 0.3) is 0 Å². The maximum Gasteiger partial charge on any atom is 0.338 e. The first-order valence-corrected chi connectivity index (χ1v) is 12.8. The van der Waals surface area contributed by atoms with Gasteiger partial charge in [-0.1, -0.05) is 18.6 Å². The Hall–Kier alpha value is -4.03. The standard InChI is InChI=1S/C31H29NO5/c33-24-6-13-28-22(19-24)4-11-27(21-5-12-29-23(18-21)20-36-31(29)34)30(28)37-26-9-7-25(8-10-26)35-17-16-32-14-2-1-3-15-32/h4-13,18-19,33H,1-3,14-17,20H2. The van der Waals surface area contributed by atoms with Gasteiger partial charge in [0, 0.05) is 23.1 Å². The molecule has 2 aliphatic heterocycles. The van der Waals surface area contributed by atoms with Gasteiger partial charge in [-0.05, 0) is 97.5 Å². The van der Waals surface area contributed by atoms with Gasteiger partial charge in [0.1, 0.15) is 36.2 Å². The van der Waals surface area contributed by atoms with Crippen molar-refractivity contribution in [3.8, 4) is 34.1 Å². The third-order valence-electron chi connectivity index (χ3n) is 7.12. The number of piperidine rings is 1. The summed E-state index contributed by atoms with van der Waals surface area (Å²) in [6, 6.07) is 22.6. The van der Waals surface area contributed by atoms with Gasteiger partial charge in [-0.2, -0.15) is 0 Å². The normalized spacial score (nSPS) is 15.4. The largest absolute Gasteiger partial charge is 0.508 e. The lowest BCUT2D eigenvalue weighted by Crippen LogP contribution is -2.33. The molecular formula is C31H29NO5. The highest BCUT2D eigenvalue weighted by molar-refractivity contribution is 5.98. The lowest BCUT2D eigenvalue weighted by Gasteiger charge is -2.26. The first kappa shape index (κ1) is 23.4. The fraction of sp³-hybridized carbons (Fsp3) is 0.258. The number of benzene rings is 4. The summed E-state index contributed by atoms with van der Waals surface area (Å²) in [7, 11) is 0. The SMILES string of the molecule is O=C1OCc2cc(-c3ccc4cc(O)ccc4c3Oc3ccc(OCCN4CCCCC4)cc3)ccc21. The van der Waals surface area contributed by atoms with E-state index in [-0.39, 0.29) is 18.3 Å². The van der Waals surface area contributed by atoms with Crippen molar-refractivity contribution < 1.29 is 24.1 Å². The van der Waals surface area contributed by atoms with E-state index in [1.165, 1.54) is 19.3 Å². The molecule has 188 valence electrons. The average Bonchev–Trinajstić information content (AvgIpc) is 3.30. The van der Waals surface area contributed by atoms with E-state index >= 15 is 0 Å². The number of cyclic esters (lactones) is 1. The number of carbonyl (C=O) groups is 1. The lowest BCUT2D eigenvalue weighted by molar-refractivity contribution is 0.0535. The number of aromatic hydroxyl groups is 1. The summed E-state index contributed by atoms with van der Waals surface area (Å²) in [4.78, 5) is 14.4. The molecule has 6 heteroatoms. The number of esters is 1. The van der Waals surface area contributed by atoms with Gasteiger partial charge in [0.05, 0.1) is 5.56 Å². The fourth-order valence-corrected chi connectivity index (χ4v) is 5.12. The van der Waals surface area contributed by atoms with Gasteiger partial charge in [0.2, 0.25) is 0 Å². The molecule has 0 saturated carbocycles. The highest BCUT2D eigenvalue weighted by Crippen LogP contribution is 2.41. The average molecular weight is 496 g/mol. The predicted octanol–water partition coefficient (Wildman–Crippen LogP) is 6.54. The zero-order valence-corrected chi connectivity index (χ0v) is 20.6. The van der Waals surface area contributed by atoms with Crippen LogP contribution in [-0.4, -0.2) is 42.2 Å². The highest BCUT2D eigenvalue weighted by atomic mass is 16.5. The Morgan fingerprint density at radius 3 is 2.46 bits per heavy atom. The lowest BCUT2D eigenvalue weighted by atomic mass is 9.96. The van der Waals surface area contributed by atoms with Crippen LogP contribution in [0.2, 0.25) is 0 Å². The number of carbonyl (C=O) groups excluding carboxylic acids is 1. The molecule has 0 unspecified atom stereocenters. The number of rotatable bonds is 7. The Balaban J connectivity index is 1.26. The molecule has 0 radical (unpaired) electrons. The molecule has 4 aromatic carbocycles. The Bertz CT molecular complexity index is 1440. The van der Waals surface area contributed by atoms with E-state index in [9.17, 15) is 9.90 Å². The zero-order chi connectivity index (χ0) is 25.2. The van der Waals surface area contributed by atoms with E-state index in [1.807, 2.05) is 54.6 Å². The van der Waals surface area contributed by atoms with Gasteiger partial charge < -0.3 is 19.3 Å². The maximum absolute atomic E-state index is 11.9. The fourth-order valence-electron chi connectivity index (χ4n) is 5.12. The van der Waals surface area contributed by atoms with Crippen molar-refractivity contribution in [1.82, 2.24) is 4.90 Å². The van der Waals surface area contributed by atoms with Crippen LogP contribution in [0.4, 0.5) is 0 Å². The summed E-state index contributed by atoms with van der Waals surface area (Å²) in [5, 5.41) is 11.8. The van der Waals surface area contributed by atoms with Crippen molar-refractivity contribution in [3.05, 3.63) is 83.9 Å².